The molecule has 0 saturated heterocycles. The molecule has 8 nitrogen and oxygen atoms in total. The van der Waals surface area contributed by atoms with E-state index in [1.807, 2.05) is 18.5 Å². The lowest BCUT2D eigenvalue weighted by atomic mass is 9.94. The van der Waals surface area contributed by atoms with Gasteiger partial charge in [0, 0.05) is 31.3 Å². The van der Waals surface area contributed by atoms with Crippen LogP contribution >= 0.6 is 0 Å². The first kappa shape index (κ1) is 20.2. The van der Waals surface area contributed by atoms with E-state index in [1.54, 1.807) is 24.3 Å². The normalized spacial score (nSPS) is 11.0. The van der Waals surface area contributed by atoms with Crippen LogP contribution in [0, 0.1) is 27.2 Å². The fraction of sp³-hybridized carbons (Fsp3) is 0.174. The molecular weight excluding hydrogens is 396 g/mol. The fourth-order valence-corrected chi connectivity index (χ4v) is 3.69. The predicted octanol–water partition coefficient (Wildman–Crippen LogP) is 4.88. The molecule has 1 heterocycles. The average molecular weight is 416 g/mol. The molecule has 0 saturated carbocycles. The minimum atomic E-state index is -0.410. The molecule has 156 valence electrons. The smallest absolute Gasteiger partial charge is 0.269 e. The Morgan fingerprint density at radius 3 is 1.71 bits per heavy atom. The molecule has 1 aromatic heterocycles. The van der Waals surface area contributed by atoms with Gasteiger partial charge in [-0.2, -0.15) is 0 Å². The largest absolute Gasteiger partial charge is 0.331 e. The number of nitro groups is 2. The van der Waals surface area contributed by atoms with Gasteiger partial charge in [0.15, 0.2) is 0 Å². The maximum Gasteiger partial charge on any atom is 0.269 e. The zero-order chi connectivity index (χ0) is 22.1. The molecular formula is C23H20N4O4. The molecule has 0 radical (unpaired) electrons. The van der Waals surface area contributed by atoms with Crippen LogP contribution in [0.2, 0.25) is 0 Å². The molecule has 0 atom stereocenters. The van der Waals surface area contributed by atoms with E-state index < -0.39 is 9.85 Å². The summed E-state index contributed by atoms with van der Waals surface area (Å²) in [6.45, 7) is 1.95. The third-order valence-electron chi connectivity index (χ3n) is 5.51. The first-order chi connectivity index (χ1) is 14.8. The summed E-state index contributed by atoms with van der Waals surface area (Å²) in [5.41, 5.74) is 6.11. The summed E-state index contributed by atoms with van der Waals surface area (Å²) in [7, 11) is 1.97. The van der Waals surface area contributed by atoms with Gasteiger partial charge >= 0.3 is 0 Å². The first-order valence-electron chi connectivity index (χ1n) is 9.73. The standard InChI is InChI=1S/C23H20N4O4/c1-15-24-22-13-18(11-16-3-7-20(8-4-16)26(28)29)19(14-23(22)25(15)2)12-17-5-9-21(10-6-17)27(30)31/h3-10,13-14H,11-12H2,1-2H3. The van der Waals surface area contributed by atoms with E-state index in [0.29, 0.717) is 12.8 Å². The van der Waals surface area contributed by atoms with Crippen LogP contribution in [0.25, 0.3) is 11.0 Å². The topological polar surface area (TPSA) is 104 Å². The number of non-ortho nitro benzene ring substituents is 2. The monoisotopic (exact) mass is 416 g/mol. The van der Waals surface area contributed by atoms with Gasteiger partial charge in [0.05, 0.1) is 20.9 Å². The van der Waals surface area contributed by atoms with Gasteiger partial charge in [-0.1, -0.05) is 24.3 Å². The maximum absolute atomic E-state index is 10.9. The number of aromatic nitrogens is 2. The molecule has 0 N–H and O–H groups in total. The van der Waals surface area contributed by atoms with Crippen molar-refractivity contribution in [1.82, 2.24) is 9.55 Å². The highest BCUT2D eigenvalue weighted by atomic mass is 16.6. The molecule has 4 rings (SSSR count). The lowest BCUT2D eigenvalue weighted by Crippen LogP contribution is -2.00. The molecule has 0 aliphatic carbocycles. The average Bonchev–Trinajstić information content (AvgIpc) is 3.02. The summed E-state index contributed by atoms with van der Waals surface area (Å²) in [6, 6.07) is 17.3. The van der Waals surface area contributed by atoms with Crippen molar-refractivity contribution in [3.05, 3.63) is 109 Å². The second kappa shape index (κ2) is 7.98. The Bertz CT molecular complexity index is 1290. The molecule has 0 fully saturated rings. The molecule has 0 spiro atoms. The molecule has 4 aromatic rings. The molecule has 3 aromatic carbocycles. The quantitative estimate of drug-likeness (QED) is 0.329. The molecule has 31 heavy (non-hydrogen) atoms. The Balaban J connectivity index is 1.73. The number of fused-ring (bicyclic) bond motifs is 1. The highest BCUT2D eigenvalue weighted by molar-refractivity contribution is 5.78. The van der Waals surface area contributed by atoms with Crippen molar-refractivity contribution >= 4 is 22.4 Å². The van der Waals surface area contributed by atoms with Gasteiger partial charge in [0.25, 0.3) is 11.4 Å². The molecule has 8 heteroatoms. The summed E-state index contributed by atoms with van der Waals surface area (Å²) in [5, 5.41) is 21.9. The van der Waals surface area contributed by atoms with Gasteiger partial charge in [0.1, 0.15) is 5.82 Å². The second-order valence-electron chi connectivity index (χ2n) is 7.53. The third kappa shape index (κ3) is 4.13. The van der Waals surface area contributed by atoms with Crippen molar-refractivity contribution in [3.8, 4) is 0 Å². The van der Waals surface area contributed by atoms with Gasteiger partial charge in [-0.05, 0) is 54.2 Å². The zero-order valence-corrected chi connectivity index (χ0v) is 17.1. The van der Waals surface area contributed by atoms with Crippen molar-refractivity contribution in [3.63, 3.8) is 0 Å². The Morgan fingerprint density at radius 1 is 0.806 bits per heavy atom. The fourth-order valence-electron chi connectivity index (χ4n) is 3.69. The lowest BCUT2D eigenvalue weighted by molar-refractivity contribution is -0.385. The van der Waals surface area contributed by atoms with E-state index >= 15 is 0 Å². The van der Waals surface area contributed by atoms with Gasteiger partial charge in [0.2, 0.25) is 0 Å². The molecule has 0 aliphatic heterocycles. The summed E-state index contributed by atoms with van der Waals surface area (Å²) in [6.07, 6.45) is 1.21. The summed E-state index contributed by atoms with van der Waals surface area (Å²) < 4.78 is 2.03. The number of imidazole rings is 1. The van der Waals surface area contributed by atoms with E-state index in [4.69, 9.17) is 0 Å². The lowest BCUT2D eigenvalue weighted by Gasteiger charge is -2.12. The van der Waals surface area contributed by atoms with E-state index in [-0.39, 0.29) is 11.4 Å². The minimum absolute atomic E-state index is 0.0608. The third-order valence-corrected chi connectivity index (χ3v) is 5.51. The van der Waals surface area contributed by atoms with E-state index in [0.717, 1.165) is 39.1 Å². The predicted molar refractivity (Wildman–Crippen MR) is 117 cm³/mol. The SMILES string of the molecule is Cc1nc2cc(Cc3ccc([N+](=O)[O-])cc3)c(Cc3ccc([N+](=O)[O-])cc3)cc2n1C. The number of nitro benzene ring substituents is 2. The summed E-state index contributed by atoms with van der Waals surface area (Å²) in [4.78, 5) is 25.7. The van der Waals surface area contributed by atoms with Crippen molar-refractivity contribution in [1.29, 1.82) is 0 Å². The highest BCUT2D eigenvalue weighted by Crippen LogP contribution is 2.26. The van der Waals surface area contributed by atoms with Crippen LogP contribution in [0.5, 0.6) is 0 Å². The highest BCUT2D eigenvalue weighted by Gasteiger charge is 2.13. The summed E-state index contributed by atoms with van der Waals surface area (Å²) >= 11 is 0. The Labute approximate surface area is 178 Å². The van der Waals surface area contributed by atoms with Crippen molar-refractivity contribution in [2.45, 2.75) is 19.8 Å². The van der Waals surface area contributed by atoms with Crippen LogP contribution in [-0.4, -0.2) is 19.4 Å². The Morgan fingerprint density at radius 2 is 1.26 bits per heavy atom. The van der Waals surface area contributed by atoms with Crippen LogP contribution in [-0.2, 0) is 19.9 Å². The van der Waals surface area contributed by atoms with Gasteiger partial charge < -0.3 is 4.57 Å². The molecule has 0 bridgehead atoms. The van der Waals surface area contributed by atoms with Crippen LogP contribution in [0.1, 0.15) is 28.1 Å². The first-order valence-corrected chi connectivity index (χ1v) is 9.73. The van der Waals surface area contributed by atoms with Crippen molar-refractivity contribution in [2.24, 2.45) is 7.05 Å². The van der Waals surface area contributed by atoms with Crippen molar-refractivity contribution < 1.29 is 9.85 Å². The van der Waals surface area contributed by atoms with E-state index in [2.05, 4.69) is 17.1 Å². The van der Waals surface area contributed by atoms with Crippen LogP contribution < -0.4 is 0 Å². The van der Waals surface area contributed by atoms with Gasteiger partial charge in [-0.3, -0.25) is 20.2 Å². The number of hydrogen-bond donors (Lipinski definition) is 0. The molecule has 0 aliphatic rings. The van der Waals surface area contributed by atoms with E-state index in [1.165, 1.54) is 24.3 Å². The number of hydrogen-bond acceptors (Lipinski definition) is 5. The second-order valence-corrected chi connectivity index (χ2v) is 7.53. The maximum atomic E-state index is 10.9. The number of aryl methyl sites for hydroxylation is 2. The van der Waals surface area contributed by atoms with Gasteiger partial charge in [-0.15, -0.1) is 0 Å². The molecule has 0 unspecified atom stereocenters. The zero-order valence-electron chi connectivity index (χ0n) is 17.1. The van der Waals surface area contributed by atoms with Gasteiger partial charge in [-0.25, -0.2) is 4.98 Å². The summed E-state index contributed by atoms with van der Waals surface area (Å²) in [5.74, 6) is 0.906. The number of rotatable bonds is 6. The van der Waals surface area contributed by atoms with Crippen LogP contribution in [0.15, 0.2) is 60.7 Å². The van der Waals surface area contributed by atoms with E-state index in [9.17, 15) is 20.2 Å². The van der Waals surface area contributed by atoms with Crippen molar-refractivity contribution in [2.75, 3.05) is 0 Å². The number of benzene rings is 3. The number of nitrogens with zero attached hydrogens (tertiary/aromatic N) is 4. The van der Waals surface area contributed by atoms with Crippen LogP contribution in [0.3, 0.4) is 0 Å². The minimum Gasteiger partial charge on any atom is -0.331 e. The Kier molecular flexibility index (Phi) is 5.21. The molecule has 0 amide bonds. The van der Waals surface area contributed by atoms with Crippen LogP contribution in [0.4, 0.5) is 11.4 Å². The Hall–Kier alpha value is -4.07.